The predicted octanol–water partition coefficient (Wildman–Crippen LogP) is 6.43. The molecule has 0 saturated carbocycles. The number of Topliss-reactive ketones (excluding diaryl/α,β-unsaturated/α-hetero) is 1. The van der Waals surface area contributed by atoms with Crippen molar-refractivity contribution in [1.29, 1.82) is 0 Å². The van der Waals surface area contributed by atoms with Gasteiger partial charge in [0, 0.05) is 17.4 Å². The van der Waals surface area contributed by atoms with Crippen LogP contribution in [0, 0.1) is 17.6 Å². The number of benzene rings is 2. The molecule has 0 unspecified atom stereocenters. The van der Waals surface area contributed by atoms with E-state index in [0.717, 1.165) is 18.4 Å². The Hall–Kier alpha value is -2.95. The first kappa shape index (κ1) is 21.8. The first-order chi connectivity index (χ1) is 14.3. The third kappa shape index (κ3) is 4.61. The van der Waals surface area contributed by atoms with Gasteiger partial charge in [-0.2, -0.15) is 0 Å². The highest BCUT2D eigenvalue weighted by Crippen LogP contribution is 2.44. The van der Waals surface area contributed by atoms with Crippen molar-refractivity contribution in [1.82, 2.24) is 0 Å². The van der Waals surface area contributed by atoms with E-state index in [1.165, 1.54) is 42.0 Å². The molecule has 0 fully saturated rings. The Morgan fingerprint density at radius 3 is 2.27 bits per heavy atom. The minimum absolute atomic E-state index is 0.112. The molecule has 0 bridgehead atoms. The number of phenols is 2. The van der Waals surface area contributed by atoms with Crippen LogP contribution in [0.25, 0.3) is 0 Å². The average Bonchev–Trinajstić information content (AvgIpc) is 2.67. The molecule has 0 aromatic heterocycles. The van der Waals surface area contributed by atoms with Crippen molar-refractivity contribution < 1.29 is 23.8 Å². The maximum absolute atomic E-state index is 14.6. The van der Waals surface area contributed by atoms with Crippen LogP contribution in [0.5, 0.6) is 11.5 Å². The van der Waals surface area contributed by atoms with Gasteiger partial charge in [-0.05, 0) is 63.8 Å². The summed E-state index contributed by atoms with van der Waals surface area (Å²) in [7, 11) is 0. The lowest BCUT2D eigenvalue weighted by Gasteiger charge is -2.31. The summed E-state index contributed by atoms with van der Waals surface area (Å²) in [4.78, 5) is 13.3. The molecule has 3 rings (SSSR count). The van der Waals surface area contributed by atoms with Crippen molar-refractivity contribution in [3.63, 3.8) is 0 Å². The lowest BCUT2D eigenvalue weighted by atomic mass is 9.71. The van der Waals surface area contributed by atoms with Crippen LogP contribution in [0.3, 0.4) is 0 Å². The van der Waals surface area contributed by atoms with Crippen LogP contribution in [0.4, 0.5) is 8.78 Å². The number of carbonyl (C=O) groups excluding carboxylic acids is 1. The molecule has 0 amide bonds. The molecule has 0 heterocycles. The zero-order valence-electron chi connectivity index (χ0n) is 17.2. The summed E-state index contributed by atoms with van der Waals surface area (Å²) in [6, 6.07) is 7.74. The number of hydrogen-bond donors (Lipinski definition) is 2. The zero-order valence-corrected chi connectivity index (χ0v) is 17.2. The molecule has 5 heteroatoms. The van der Waals surface area contributed by atoms with Gasteiger partial charge in [-0.3, -0.25) is 4.79 Å². The van der Waals surface area contributed by atoms with Crippen LogP contribution in [-0.4, -0.2) is 16.0 Å². The Kier molecular flexibility index (Phi) is 6.70. The van der Waals surface area contributed by atoms with E-state index in [1.54, 1.807) is 0 Å². The standard InChI is InChI=1S/C25H26F2O3/c1-15(2)6-3-7-16-12-13-17(25(30)24-21(28)10-5-11-22(24)29)18(14-16)23-19(26)8-4-9-20(23)27/h4-6,8-12,17-18,28-29H,3,7,13-14H2,1-2H3/t17-,18-/m0/s1. The maximum Gasteiger partial charge on any atom is 0.174 e. The second-order valence-corrected chi connectivity index (χ2v) is 8.01. The molecular formula is C25H26F2O3. The largest absolute Gasteiger partial charge is 0.507 e. The quantitative estimate of drug-likeness (QED) is 0.425. The third-order valence-corrected chi connectivity index (χ3v) is 5.62. The van der Waals surface area contributed by atoms with E-state index < -0.39 is 29.3 Å². The molecule has 2 aromatic carbocycles. The van der Waals surface area contributed by atoms with Crippen molar-refractivity contribution in [2.24, 2.45) is 5.92 Å². The number of rotatable bonds is 6. The number of ketones is 1. The van der Waals surface area contributed by atoms with Gasteiger partial charge in [-0.25, -0.2) is 8.78 Å². The Morgan fingerprint density at radius 1 is 1.07 bits per heavy atom. The molecule has 30 heavy (non-hydrogen) atoms. The van der Waals surface area contributed by atoms with Crippen molar-refractivity contribution in [2.75, 3.05) is 0 Å². The summed E-state index contributed by atoms with van der Waals surface area (Å²) < 4.78 is 29.3. The van der Waals surface area contributed by atoms with Gasteiger partial charge in [0.1, 0.15) is 28.7 Å². The summed E-state index contributed by atoms with van der Waals surface area (Å²) in [6.45, 7) is 4.03. The molecule has 1 aliphatic carbocycles. The molecule has 2 N–H and O–H groups in total. The Labute approximate surface area is 175 Å². The second kappa shape index (κ2) is 9.24. The fraction of sp³-hybridized carbons (Fsp3) is 0.320. The van der Waals surface area contributed by atoms with E-state index in [-0.39, 0.29) is 29.0 Å². The van der Waals surface area contributed by atoms with Gasteiger partial charge in [0.15, 0.2) is 5.78 Å². The lowest BCUT2D eigenvalue weighted by Crippen LogP contribution is -2.27. The SMILES string of the molecule is CC(C)=CCCC1=CC[C@H](C(=O)c2c(O)cccc2O)[C@@H](c2c(F)cccc2F)C1. The smallest absolute Gasteiger partial charge is 0.174 e. The van der Waals surface area contributed by atoms with Gasteiger partial charge in [0.2, 0.25) is 0 Å². The summed E-state index contributed by atoms with van der Waals surface area (Å²) in [6.07, 6.45) is 6.26. The van der Waals surface area contributed by atoms with Crippen LogP contribution in [-0.2, 0) is 0 Å². The number of carbonyl (C=O) groups is 1. The molecule has 0 spiro atoms. The second-order valence-electron chi connectivity index (χ2n) is 8.01. The van der Waals surface area contributed by atoms with Crippen LogP contribution in [0.1, 0.15) is 61.4 Å². The van der Waals surface area contributed by atoms with E-state index in [4.69, 9.17) is 0 Å². The molecule has 0 radical (unpaired) electrons. The zero-order chi connectivity index (χ0) is 21.8. The molecular weight excluding hydrogens is 386 g/mol. The van der Waals surface area contributed by atoms with Gasteiger partial charge >= 0.3 is 0 Å². The number of hydrogen-bond acceptors (Lipinski definition) is 3. The van der Waals surface area contributed by atoms with Gasteiger partial charge in [0.05, 0.1) is 0 Å². The fourth-order valence-corrected chi connectivity index (χ4v) is 4.14. The highest BCUT2D eigenvalue weighted by molar-refractivity contribution is 6.03. The highest BCUT2D eigenvalue weighted by atomic mass is 19.1. The van der Waals surface area contributed by atoms with Crippen LogP contribution in [0.15, 0.2) is 59.7 Å². The van der Waals surface area contributed by atoms with E-state index in [9.17, 15) is 23.8 Å². The summed E-state index contributed by atoms with van der Waals surface area (Å²) in [5.74, 6) is -4.09. The molecule has 2 atom stereocenters. The van der Waals surface area contributed by atoms with Crippen molar-refractivity contribution in [3.05, 3.63) is 82.5 Å². The topological polar surface area (TPSA) is 57.5 Å². The van der Waals surface area contributed by atoms with Crippen LogP contribution in [0.2, 0.25) is 0 Å². The van der Waals surface area contributed by atoms with E-state index in [2.05, 4.69) is 6.08 Å². The number of phenolic OH excluding ortho intramolecular Hbond substituents is 2. The molecule has 3 nitrogen and oxygen atoms in total. The number of halogens is 2. The molecule has 0 saturated heterocycles. The molecule has 158 valence electrons. The van der Waals surface area contributed by atoms with E-state index in [0.29, 0.717) is 6.42 Å². The van der Waals surface area contributed by atoms with Crippen LogP contribution < -0.4 is 0 Å². The number of allylic oxidation sites excluding steroid dienone is 4. The van der Waals surface area contributed by atoms with Gasteiger partial charge in [0.25, 0.3) is 0 Å². The first-order valence-corrected chi connectivity index (χ1v) is 10.1. The van der Waals surface area contributed by atoms with E-state index in [1.807, 2.05) is 19.9 Å². The summed E-state index contributed by atoms with van der Waals surface area (Å²) in [5, 5.41) is 20.3. The maximum atomic E-state index is 14.6. The Morgan fingerprint density at radius 2 is 1.67 bits per heavy atom. The van der Waals surface area contributed by atoms with Gasteiger partial charge in [-0.15, -0.1) is 0 Å². The molecule has 2 aromatic rings. The highest BCUT2D eigenvalue weighted by Gasteiger charge is 2.37. The summed E-state index contributed by atoms with van der Waals surface area (Å²) >= 11 is 0. The van der Waals surface area contributed by atoms with Crippen molar-refractivity contribution >= 4 is 5.78 Å². The first-order valence-electron chi connectivity index (χ1n) is 10.1. The minimum atomic E-state index is -0.789. The van der Waals surface area contributed by atoms with Crippen molar-refractivity contribution in [2.45, 2.75) is 45.4 Å². The van der Waals surface area contributed by atoms with Crippen molar-refractivity contribution in [3.8, 4) is 11.5 Å². The van der Waals surface area contributed by atoms with Gasteiger partial charge < -0.3 is 10.2 Å². The predicted molar refractivity (Wildman–Crippen MR) is 113 cm³/mol. The normalized spacial score (nSPS) is 18.6. The van der Waals surface area contributed by atoms with Gasteiger partial charge in [-0.1, -0.05) is 35.4 Å². The minimum Gasteiger partial charge on any atom is -0.507 e. The average molecular weight is 412 g/mol. The fourth-order valence-electron chi connectivity index (χ4n) is 4.14. The molecule has 0 aliphatic heterocycles. The monoisotopic (exact) mass is 412 g/mol. The Bertz CT molecular complexity index is 963. The third-order valence-electron chi connectivity index (χ3n) is 5.62. The van der Waals surface area contributed by atoms with Crippen LogP contribution >= 0.6 is 0 Å². The number of aromatic hydroxyl groups is 2. The Balaban J connectivity index is 2.00. The summed E-state index contributed by atoms with van der Waals surface area (Å²) in [5.41, 5.74) is 1.93. The van der Waals surface area contributed by atoms with E-state index >= 15 is 0 Å². The lowest BCUT2D eigenvalue weighted by molar-refractivity contribution is 0.0887. The molecule has 1 aliphatic rings.